The molecule has 1 saturated heterocycles. The van der Waals surface area contributed by atoms with E-state index in [1.807, 2.05) is 32.0 Å². The lowest BCUT2D eigenvalue weighted by atomic mass is 9.75. The van der Waals surface area contributed by atoms with Gasteiger partial charge < -0.3 is 14.0 Å². The Morgan fingerprint density at radius 1 is 0.913 bits per heavy atom. The number of ether oxygens (including phenoxy) is 1. The summed E-state index contributed by atoms with van der Waals surface area (Å²) in [5.74, 6) is 0.831. The molecular weight excluding hydrogens is 287 g/mol. The van der Waals surface area contributed by atoms with Crippen molar-refractivity contribution in [3.8, 4) is 5.75 Å². The molecule has 3 nitrogen and oxygen atoms in total. The van der Waals surface area contributed by atoms with Crippen LogP contribution in [0.25, 0.3) is 10.8 Å². The van der Waals surface area contributed by atoms with Crippen LogP contribution in [0.15, 0.2) is 36.4 Å². The summed E-state index contributed by atoms with van der Waals surface area (Å²) in [5.41, 5.74) is 0.239. The zero-order valence-electron chi connectivity index (χ0n) is 14.8. The zero-order chi connectivity index (χ0) is 16.8. The van der Waals surface area contributed by atoms with Crippen molar-refractivity contribution in [2.24, 2.45) is 0 Å². The summed E-state index contributed by atoms with van der Waals surface area (Å²) in [6, 6.07) is 12.4. The van der Waals surface area contributed by atoms with Crippen molar-refractivity contribution in [2.45, 2.75) is 58.8 Å². The Morgan fingerprint density at radius 2 is 1.52 bits per heavy atom. The van der Waals surface area contributed by atoms with E-state index in [-0.39, 0.29) is 17.3 Å². The van der Waals surface area contributed by atoms with E-state index < -0.39 is 7.12 Å². The fraction of sp³-hybridized carbons (Fsp3) is 0.474. The Labute approximate surface area is 139 Å². The third-order valence-electron chi connectivity index (χ3n) is 4.78. The van der Waals surface area contributed by atoms with E-state index >= 15 is 0 Å². The van der Waals surface area contributed by atoms with Gasteiger partial charge in [-0.1, -0.05) is 30.3 Å². The predicted octanol–water partition coefficient (Wildman–Crippen LogP) is 3.93. The molecule has 0 aromatic heterocycles. The van der Waals surface area contributed by atoms with Gasteiger partial charge in [0.05, 0.1) is 17.3 Å². The smallest absolute Gasteiger partial charge is 0.491 e. The highest BCUT2D eigenvalue weighted by molar-refractivity contribution is 6.66. The Kier molecular flexibility index (Phi) is 3.93. The molecule has 4 heteroatoms. The van der Waals surface area contributed by atoms with Crippen molar-refractivity contribution < 1.29 is 14.0 Å². The number of hydrogen-bond acceptors (Lipinski definition) is 3. The van der Waals surface area contributed by atoms with Gasteiger partial charge in [0.1, 0.15) is 5.75 Å². The lowest BCUT2D eigenvalue weighted by molar-refractivity contribution is 0.00578. The first kappa shape index (κ1) is 16.3. The molecule has 2 aromatic carbocycles. The highest BCUT2D eigenvalue weighted by atomic mass is 16.7. The summed E-state index contributed by atoms with van der Waals surface area (Å²) in [6.07, 6.45) is 0.0948. The van der Waals surface area contributed by atoms with E-state index in [1.165, 1.54) is 0 Å². The largest absolute Gasteiger partial charge is 0.499 e. The molecular formula is C19H25BO3. The van der Waals surface area contributed by atoms with Gasteiger partial charge in [-0.2, -0.15) is 0 Å². The molecule has 122 valence electrons. The van der Waals surface area contributed by atoms with Crippen LogP contribution in [0.1, 0.15) is 41.5 Å². The number of benzene rings is 2. The van der Waals surface area contributed by atoms with Crippen LogP contribution < -0.4 is 10.2 Å². The van der Waals surface area contributed by atoms with E-state index in [9.17, 15) is 0 Å². The van der Waals surface area contributed by atoms with Gasteiger partial charge >= 0.3 is 7.12 Å². The van der Waals surface area contributed by atoms with Gasteiger partial charge in [0.25, 0.3) is 0 Å². The predicted molar refractivity (Wildman–Crippen MR) is 95.4 cm³/mol. The number of fused-ring (bicyclic) bond motifs is 1. The third-order valence-corrected chi connectivity index (χ3v) is 4.78. The molecule has 0 spiro atoms. The summed E-state index contributed by atoms with van der Waals surface area (Å²) >= 11 is 0. The molecule has 0 bridgehead atoms. The highest BCUT2D eigenvalue weighted by Crippen LogP contribution is 2.38. The lowest BCUT2D eigenvalue weighted by Gasteiger charge is -2.32. The molecule has 1 heterocycles. The summed E-state index contributed by atoms with van der Waals surface area (Å²) in [5, 5.41) is 2.28. The topological polar surface area (TPSA) is 27.7 Å². The first-order chi connectivity index (χ1) is 10.7. The fourth-order valence-corrected chi connectivity index (χ4v) is 2.84. The molecule has 0 saturated carbocycles. The minimum absolute atomic E-state index is 0.0948. The van der Waals surface area contributed by atoms with Gasteiger partial charge in [0.15, 0.2) is 0 Å². The van der Waals surface area contributed by atoms with Crippen LogP contribution >= 0.6 is 0 Å². The SMILES string of the molecule is CC(C)Oc1ccc2ccccc2c1B1OC(C)(C)C(C)(C)O1. The molecule has 0 atom stereocenters. The van der Waals surface area contributed by atoms with E-state index in [0.717, 1.165) is 22.0 Å². The van der Waals surface area contributed by atoms with Crippen molar-refractivity contribution in [1.82, 2.24) is 0 Å². The molecule has 0 N–H and O–H groups in total. The van der Waals surface area contributed by atoms with Crippen molar-refractivity contribution in [3.05, 3.63) is 36.4 Å². The second kappa shape index (κ2) is 5.54. The van der Waals surface area contributed by atoms with Gasteiger partial charge in [-0.05, 0) is 58.4 Å². The summed E-state index contributed by atoms with van der Waals surface area (Å²) in [6.45, 7) is 12.3. The maximum atomic E-state index is 6.28. The average molecular weight is 312 g/mol. The monoisotopic (exact) mass is 312 g/mol. The van der Waals surface area contributed by atoms with Crippen molar-refractivity contribution in [1.29, 1.82) is 0 Å². The molecule has 23 heavy (non-hydrogen) atoms. The molecule has 3 rings (SSSR count). The van der Waals surface area contributed by atoms with Crippen LogP contribution in [0.3, 0.4) is 0 Å². The molecule has 0 radical (unpaired) electrons. The fourth-order valence-electron chi connectivity index (χ4n) is 2.84. The van der Waals surface area contributed by atoms with Gasteiger partial charge in [-0.25, -0.2) is 0 Å². The second-order valence-electron chi connectivity index (χ2n) is 7.45. The van der Waals surface area contributed by atoms with Crippen LogP contribution in [-0.4, -0.2) is 24.4 Å². The minimum Gasteiger partial charge on any atom is -0.491 e. The van der Waals surface area contributed by atoms with Crippen LogP contribution in [0.5, 0.6) is 5.75 Å². The molecule has 1 aliphatic rings. The lowest BCUT2D eigenvalue weighted by Crippen LogP contribution is -2.41. The molecule has 1 aliphatic heterocycles. The first-order valence-corrected chi connectivity index (χ1v) is 8.25. The summed E-state index contributed by atoms with van der Waals surface area (Å²) in [4.78, 5) is 0. The average Bonchev–Trinajstić information content (AvgIpc) is 2.66. The summed E-state index contributed by atoms with van der Waals surface area (Å²) < 4.78 is 18.6. The van der Waals surface area contributed by atoms with E-state index in [2.05, 4.69) is 45.9 Å². The molecule has 2 aromatic rings. The van der Waals surface area contributed by atoms with Crippen molar-refractivity contribution in [2.75, 3.05) is 0 Å². The van der Waals surface area contributed by atoms with Gasteiger partial charge in [-0.15, -0.1) is 0 Å². The standard InChI is InChI=1S/C19H25BO3/c1-13(2)21-16-12-11-14-9-7-8-10-15(14)17(16)20-22-18(3,4)19(5,6)23-20/h7-13H,1-6H3. The second-order valence-corrected chi connectivity index (χ2v) is 7.45. The number of rotatable bonds is 3. The Morgan fingerprint density at radius 3 is 2.13 bits per heavy atom. The van der Waals surface area contributed by atoms with Gasteiger partial charge in [0.2, 0.25) is 0 Å². The van der Waals surface area contributed by atoms with Crippen molar-refractivity contribution in [3.63, 3.8) is 0 Å². The number of hydrogen-bond donors (Lipinski definition) is 0. The van der Waals surface area contributed by atoms with Crippen LogP contribution in [0.4, 0.5) is 0 Å². The van der Waals surface area contributed by atoms with E-state index in [1.54, 1.807) is 0 Å². The Bertz CT molecular complexity index is 706. The van der Waals surface area contributed by atoms with Crippen LogP contribution in [0, 0.1) is 0 Å². The summed E-state index contributed by atoms with van der Waals surface area (Å²) in [7, 11) is -0.431. The highest BCUT2D eigenvalue weighted by Gasteiger charge is 2.52. The van der Waals surface area contributed by atoms with Gasteiger partial charge in [0, 0.05) is 5.46 Å². The maximum Gasteiger partial charge on any atom is 0.499 e. The van der Waals surface area contributed by atoms with Crippen molar-refractivity contribution >= 4 is 23.4 Å². The molecule has 0 unspecified atom stereocenters. The Hall–Kier alpha value is -1.52. The third kappa shape index (κ3) is 2.86. The zero-order valence-corrected chi connectivity index (χ0v) is 14.8. The quantitative estimate of drug-likeness (QED) is 0.804. The van der Waals surface area contributed by atoms with Crippen LogP contribution in [-0.2, 0) is 9.31 Å². The van der Waals surface area contributed by atoms with E-state index in [0.29, 0.717) is 0 Å². The van der Waals surface area contributed by atoms with Gasteiger partial charge in [-0.3, -0.25) is 0 Å². The van der Waals surface area contributed by atoms with Crippen LogP contribution in [0.2, 0.25) is 0 Å². The first-order valence-electron chi connectivity index (χ1n) is 8.25. The normalized spacial score (nSPS) is 19.5. The minimum atomic E-state index is -0.431. The molecule has 1 fully saturated rings. The molecule has 0 aliphatic carbocycles. The Balaban J connectivity index is 2.15. The van der Waals surface area contributed by atoms with E-state index in [4.69, 9.17) is 14.0 Å². The maximum absolute atomic E-state index is 6.28. The molecule has 0 amide bonds.